The Morgan fingerprint density at radius 3 is 1.75 bits per heavy atom. The second kappa shape index (κ2) is 28.9. The van der Waals surface area contributed by atoms with Gasteiger partial charge in [-0.2, -0.15) is 0 Å². The van der Waals surface area contributed by atoms with Gasteiger partial charge in [-0.3, -0.25) is 11.7 Å². The third kappa shape index (κ3) is 40.4. The Kier molecular flexibility index (Phi) is 56.6. The van der Waals surface area contributed by atoms with Gasteiger partial charge in [0.1, 0.15) is 0 Å². The Balaban J connectivity index is -0.0000000750. The number of rotatable bonds is 2. The number of hydrazine groups is 1. The van der Waals surface area contributed by atoms with Crippen LogP contribution < -0.4 is 11.7 Å². The number of unbranched alkanes of at least 4 members (excludes halogenated alkanes) is 1. The Labute approximate surface area is 49.8 Å². The van der Waals surface area contributed by atoms with Gasteiger partial charge in [-0.05, 0) is 6.42 Å². The topological polar surface area (TPSA) is 104 Å². The van der Waals surface area contributed by atoms with Crippen molar-refractivity contribution in [2.75, 3.05) is 6.61 Å². The van der Waals surface area contributed by atoms with Gasteiger partial charge in [0.25, 0.3) is 0 Å². The SMILES string of the molecule is CCCCO.NN.O. The minimum Gasteiger partial charge on any atom is -0.412 e. The van der Waals surface area contributed by atoms with Crippen LogP contribution in [0, 0.1) is 0 Å². The van der Waals surface area contributed by atoms with E-state index in [-0.39, 0.29) is 5.48 Å². The average molecular weight is 124 g/mol. The van der Waals surface area contributed by atoms with E-state index in [1.165, 1.54) is 0 Å². The van der Waals surface area contributed by atoms with Crippen LogP contribution in [-0.2, 0) is 0 Å². The van der Waals surface area contributed by atoms with E-state index in [1.54, 1.807) is 0 Å². The largest absolute Gasteiger partial charge is 0.412 e. The fourth-order valence-electron chi connectivity index (χ4n) is 0.158. The van der Waals surface area contributed by atoms with Gasteiger partial charge in [-0.15, -0.1) is 0 Å². The first-order chi connectivity index (χ1) is 3.41. The predicted molar refractivity (Wildman–Crippen MR) is 34.0 cm³/mol. The second-order valence-electron chi connectivity index (χ2n) is 1.08. The van der Waals surface area contributed by atoms with Crippen molar-refractivity contribution >= 4 is 0 Å². The zero-order chi connectivity index (χ0) is 6.12. The molecule has 0 saturated heterocycles. The maximum absolute atomic E-state index is 8.07. The fraction of sp³-hybridized carbons (Fsp3) is 1.00. The van der Waals surface area contributed by atoms with Crippen LogP contribution >= 0.6 is 0 Å². The standard InChI is InChI=1S/C4H10O.H4N2.H2O/c1-2-3-4-5;1-2;/h5H,2-4H2,1H3;1-2H2;1H2. The highest BCUT2D eigenvalue weighted by atomic mass is 16.2. The van der Waals surface area contributed by atoms with Crippen molar-refractivity contribution in [1.29, 1.82) is 0 Å². The molecule has 0 aromatic carbocycles. The van der Waals surface area contributed by atoms with Gasteiger partial charge in [-0.1, -0.05) is 13.3 Å². The lowest BCUT2D eigenvalue weighted by Gasteiger charge is -1.79. The molecule has 0 radical (unpaired) electrons. The molecular weight excluding hydrogens is 108 g/mol. The van der Waals surface area contributed by atoms with Crippen molar-refractivity contribution in [2.45, 2.75) is 19.8 Å². The number of hydrogen-bond acceptors (Lipinski definition) is 3. The summed E-state index contributed by atoms with van der Waals surface area (Å²) < 4.78 is 0. The lowest BCUT2D eigenvalue weighted by atomic mass is 10.4. The summed E-state index contributed by atoms with van der Waals surface area (Å²) in [5.41, 5.74) is 0. The summed E-state index contributed by atoms with van der Waals surface area (Å²) in [7, 11) is 0. The summed E-state index contributed by atoms with van der Waals surface area (Å²) in [5, 5.41) is 8.07. The zero-order valence-corrected chi connectivity index (χ0v) is 5.22. The molecule has 0 heterocycles. The molecule has 0 unspecified atom stereocenters. The Hall–Kier alpha value is -0.160. The molecule has 0 saturated carbocycles. The molecule has 0 aromatic heterocycles. The van der Waals surface area contributed by atoms with Crippen LogP contribution in [0.25, 0.3) is 0 Å². The number of aliphatic hydroxyl groups excluding tert-OH is 1. The molecule has 8 heavy (non-hydrogen) atoms. The minimum absolute atomic E-state index is 0. The van der Waals surface area contributed by atoms with Crippen LogP contribution in [-0.4, -0.2) is 17.2 Å². The normalized spacial score (nSPS) is 6.00. The van der Waals surface area contributed by atoms with Gasteiger partial charge in [-0.25, -0.2) is 0 Å². The molecule has 0 aliphatic carbocycles. The molecule has 0 aromatic rings. The average Bonchev–Trinajstić information content (AvgIpc) is 1.75. The van der Waals surface area contributed by atoms with Gasteiger partial charge >= 0.3 is 0 Å². The summed E-state index contributed by atoms with van der Waals surface area (Å²) in [6, 6.07) is 0. The van der Waals surface area contributed by atoms with Gasteiger partial charge in [0.2, 0.25) is 0 Å². The summed E-state index contributed by atoms with van der Waals surface area (Å²) >= 11 is 0. The monoisotopic (exact) mass is 124 g/mol. The first-order valence-electron chi connectivity index (χ1n) is 2.36. The quantitative estimate of drug-likeness (QED) is 0.317. The van der Waals surface area contributed by atoms with Crippen LogP contribution in [0.15, 0.2) is 0 Å². The van der Waals surface area contributed by atoms with Gasteiger partial charge < -0.3 is 10.6 Å². The molecule has 0 aliphatic heterocycles. The molecule has 0 amide bonds. The summed E-state index contributed by atoms with van der Waals surface area (Å²) in [4.78, 5) is 0. The summed E-state index contributed by atoms with van der Waals surface area (Å²) in [6.45, 7) is 2.40. The van der Waals surface area contributed by atoms with Crippen LogP contribution in [0.5, 0.6) is 0 Å². The van der Waals surface area contributed by atoms with Crippen LogP contribution in [0.1, 0.15) is 19.8 Å². The van der Waals surface area contributed by atoms with E-state index >= 15 is 0 Å². The maximum Gasteiger partial charge on any atom is 0.0430 e. The van der Waals surface area contributed by atoms with E-state index in [9.17, 15) is 0 Å². The Morgan fingerprint density at radius 2 is 1.75 bits per heavy atom. The Morgan fingerprint density at radius 1 is 1.38 bits per heavy atom. The highest BCUT2D eigenvalue weighted by Crippen LogP contribution is 1.78. The van der Waals surface area contributed by atoms with Crippen LogP contribution in [0.2, 0.25) is 0 Å². The molecule has 54 valence electrons. The Bertz CT molecular complexity index is 19.5. The van der Waals surface area contributed by atoms with E-state index in [4.69, 9.17) is 5.11 Å². The van der Waals surface area contributed by atoms with E-state index in [0.29, 0.717) is 6.61 Å². The third-order valence-electron chi connectivity index (χ3n) is 0.512. The molecule has 0 bridgehead atoms. The summed E-state index contributed by atoms with van der Waals surface area (Å²) in [6.07, 6.45) is 2.04. The van der Waals surface area contributed by atoms with Gasteiger partial charge in [0.15, 0.2) is 0 Å². The fourth-order valence-corrected chi connectivity index (χ4v) is 0.158. The van der Waals surface area contributed by atoms with Crippen molar-refractivity contribution in [1.82, 2.24) is 0 Å². The molecule has 4 nitrogen and oxygen atoms in total. The molecule has 0 spiro atoms. The van der Waals surface area contributed by atoms with Crippen molar-refractivity contribution in [3.05, 3.63) is 0 Å². The highest BCUT2D eigenvalue weighted by molar-refractivity contribution is 4.23. The maximum atomic E-state index is 8.07. The predicted octanol–water partition coefficient (Wildman–Crippen LogP) is -1.23. The lowest BCUT2D eigenvalue weighted by molar-refractivity contribution is 0.287. The smallest absolute Gasteiger partial charge is 0.0430 e. The van der Waals surface area contributed by atoms with Crippen molar-refractivity contribution < 1.29 is 10.6 Å². The first kappa shape index (κ1) is 15.7. The van der Waals surface area contributed by atoms with Crippen LogP contribution in [0.4, 0.5) is 0 Å². The molecule has 0 rings (SSSR count). The number of aliphatic hydroxyl groups is 1. The van der Waals surface area contributed by atoms with Crippen molar-refractivity contribution in [3.63, 3.8) is 0 Å². The third-order valence-corrected chi connectivity index (χ3v) is 0.512. The van der Waals surface area contributed by atoms with Crippen LogP contribution in [0.3, 0.4) is 0 Å². The van der Waals surface area contributed by atoms with E-state index in [2.05, 4.69) is 18.6 Å². The molecular formula is C4H16N2O2. The van der Waals surface area contributed by atoms with Gasteiger partial charge in [0.05, 0.1) is 0 Å². The zero-order valence-electron chi connectivity index (χ0n) is 5.22. The molecule has 0 fully saturated rings. The van der Waals surface area contributed by atoms with Crippen molar-refractivity contribution in [3.8, 4) is 0 Å². The molecule has 0 aliphatic rings. The highest BCUT2D eigenvalue weighted by Gasteiger charge is 1.69. The first-order valence-corrected chi connectivity index (χ1v) is 2.36. The van der Waals surface area contributed by atoms with Crippen molar-refractivity contribution in [2.24, 2.45) is 11.7 Å². The summed E-state index contributed by atoms with van der Waals surface area (Å²) in [5.74, 6) is 8.00. The van der Waals surface area contributed by atoms with E-state index < -0.39 is 0 Å². The minimum atomic E-state index is 0. The number of nitrogens with two attached hydrogens (primary N) is 2. The lowest BCUT2D eigenvalue weighted by Crippen LogP contribution is -2.02. The van der Waals surface area contributed by atoms with E-state index in [1.807, 2.05) is 0 Å². The molecule has 7 N–H and O–H groups in total. The molecule has 0 atom stereocenters. The van der Waals surface area contributed by atoms with E-state index in [0.717, 1.165) is 12.8 Å². The number of hydrogen-bond donors (Lipinski definition) is 3. The second-order valence-corrected chi connectivity index (χ2v) is 1.08. The van der Waals surface area contributed by atoms with Gasteiger partial charge in [0, 0.05) is 6.61 Å². The molecule has 4 heteroatoms.